The summed E-state index contributed by atoms with van der Waals surface area (Å²) in [6.45, 7) is 4.66. The van der Waals surface area contributed by atoms with E-state index < -0.39 is 6.61 Å². The maximum absolute atomic E-state index is 12.4. The first-order valence-electron chi connectivity index (χ1n) is 7.62. The van der Waals surface area contributed by atoms with Gasteiger partial charge in [-0.25, -0.2) is 0 Å². The fraction of sp³-hybridized carbons (Fsp3) is 0.647. The molecule has 2 atom stereocenters. The van der Waals surface area contributed by atoms with E-state index in [1.54, 1.807) is 12.1 Å². The van der Waals surface area contributed by atoms with E-state index in [0.29, 0.717) is 23.9 Å². The highest BCUT2D eigenvalue weighted by Gasteiger charge is 2.31. The quantitative estimate of drug-likeness (QED) is 0.858. The summed E-state index contributed by atoms with van der Waals surface area (Å²) in [5, 5.41) is 3.51. The van der Waals surface area contributed by atoms with Crippen molar-refractivity contribution in [3.05, 3.63) is 29.8 Å². The monoisotopic (exact) mass is 297 g/mol. The van der Waals surface area contributed by atoms with Crippen LogP contribution in [-0.2, 0) is 6.54 Å². The standard InChI is InChI=1S/C17H25F2NO/c1-12-8-14(10-17(2,3)9-12)20-11-13-6-4-5-7-15(13)21-16(18)19/h4-7,12,14,16,20H,8-11H2,1-3H3. The highest BCUT2D eigenvalue weighted by Crippen LogP contribution is 2.38. The molecule has 4 heteroatoms. The van der Waals surface area contributed by atoms with Crippen LogP contribution in [-0.4, -0.2) is 12.7 Å². The Balaban J connectivity index is 1.96. The average Bonchev–Trinajstić information content (AvgIpc) is 2.34. The van der Waals surface area contributed by atoms with E-state index in [1.165, 1.54) is 6.42 Å². The molecule has 0 saturated heterocycles. The zero-order valence-corrected chi connectivity index (χ0v) is 13.0. The van der Waals surface area contributed by atoms with Crippen molar-refractivity contribution in [1.29, 1.82) is 0 Å². The molecule has 2 rings (SSSR count). The van der Waals surface area contributed by atoms with Crippen molar-refractivity contribution in [3.63, 3.8) is 0 Å². The first-order chi connectivity index (χ1) is 9.85. The Morgan fingerprint density at radius 3 is 2.67 bits per heavy atom. The molecule has 1 aromatic carbocycles. The van der Waals surface area contributed by atoms with Crippen molar-refractivity contribution < 1.29 is 13.5 Å². The van der Waals surface area contributed by atoms with Gasteiger partial charge < -0.3 is 10.1 Å². The highest BCUT2D eigenvalue weighted by molar-refractivity contribution is 5.33. The van der Waals surface area contributed by atoms with Crippen molar-refractivity contribution in [1.82, 2.24) is 5.32 Å². The Morgan fingerprint density at radius 1 is 1.29 bits per heavy atom. The molecule has 0 aromatic heterocycles. The second-order valence-electron chi connectivity index (χ2n) is 6.98. The van der Waals surface area contributed by atoms with Crippen molar-refractivity contribution in [2.45, 2.75) is 59.2 Å². The lowest BCUT2D eigenvalue weighted by molar-refractivity contribution is -0.0505. The number of halogens is 2. The third-order valence-corrected chi connectivity index (χ3v) is 4.16. The van der Waals surface area contributed by atoms with E-state index in [2.05, 4.69) is 30.8 Å². The van der Waals surface area contributed by atoms with Gasteiger partial charge >= 0.3 is 6.61 Å². The Kier molecular flexibility index (Phi) is 5.20. The van der Waals surface area contributed by atoms with Gasteiger partial charge in [0.25, 0.3) is 0 Å². The number of nitrogens with one attached hydrogen (secondary N) is 1. The Hall–Kier alpha value is -1.16. The second kappa shape index (κ2) is 6.73. The highest BCUT2D eigenvalue weighted by atomic mass is 19.3. The van der Waals surface area contributed by atoms with Gasteiger partial charge in [0.1, 0.15) is 5.75 Å². The van der Waals surface area contributed by atoms with Gasteiger partial charge in [-0.05, 0) is 36.7 Å². The molecule has 0 spiro atoms. The average molecular weight is 297 g/mol. The lowest BCUT2D eigenvalue weighted by Gasteiger charge is -2.39. The molecule has 1 aromatic rings. The lowest BCUT2D eigenvalue weighted by Crippen LogP contribution is -2.39. The fourth-order valence-electron chi connectivity index (χ4n) is 3.62. The van der Waals surface area contributed by atoms with Gasteiger partial charge in [0.2, 0.25) is 0 Å². The zero-order chi connectivity index (χ0) is 15.5. The van der Waals surface area contributed by atoms with Crippen molar-refractivity contribution >= 4 is 0 Å². The minimum absolute atomic E-state index is 0.267. The topological polar surface area (TPSA) is 21.3 Å². The Morgan fingerprint density at radius 2 is 2.00 bits per heavy atom. The fourth-order valence-corrected chi connectivity index (χ4v) is 3.62. The molecule has 0 aliphatic heterocycles. The number of benzene rings is 1. The summed E-state index contributed by atoms with van der Waals surface area (Å²) in [4.78, 5) is 0. The summed E-state index contributed by atoms with van der Waals surface area (Å²) in [5.74, 6) is 0.960. The Labute approximate surface area is 125 Å². The molecule has 1 aliphatic rings. The van der Waals surface area contributed by atoms with E-state index >= 15 is 0 Å². The van der Waals surface area contributed by atoms with Gasteiger partial charge in [0.05, 0.1) is 0 Å². The predicted molar refractivity (Wildman–Crippen MR) is 80.5 cm³/mol. The van der Waals surface area contributed by atoms with Crippen LogP contribution in [0.4, 0.5) is 8.78 Å². The molecular formula is C17H25F2NO. The summed E-state index contributed by atoms with van der Waals surface area (Å²) in [6, 6.07) is 7.43. The van der Waals surface area contributed by atoms with Gasteiger partial charge in [0, 0.05) is 18.2 Å². The number of hydrogen-bond acceptors (Lipinski definition) is 2. The van der Waals surface area contributed by atoms with Crippen LogP contribution in [0.25, 0.3) is 0 Å². The molecule has 0 radical (unpaired) electrons. The van der Waals surface area contributed by atoms with Crippen molar-refractivity contribution in [2.24, 2.45) is 11.3 Å². The molecule has 118 valence electrons. The van der Waals surface area contributed by atoms with Crippen molar-refractivity contribution in [2.75, 3.05) is 0 Å². The molecule has 1 aliphatic carbocycles. The molecule has 1 N–H and O–H groups in total. The van der Waals surface area contributed by atoms with Crippen LogP contribution >= 0.6 is 0 Å². The van der Waals surface area contributed by atoms with Crippen LogP contribution in [0.5, 0.6) is 5.75 Å². The van der Waals surface area contributed by atoms with Gasteiger partial charge in [-0.1, -0.05) is 39.0 Å². The minimum Gasteiger partial charge on any atom is -0.434 e. The van der Waals surface area contributed by atoms with Gasteiger partial charge in [0.15, 0.2) is 0 Å². The molecule has 0 heterocycles. The third-order valence-electron chi connectivity index (χ3n) is 4.16. The summed E-state index contributed by atoms with van der Waals surface area (Å²) in [6.07, 6.45) is 3.51. The van der Waals surface area contributed by atoms with Gasteiger partial charge in [-0.15, -0.1) is 0 Å². The maximum Gasteiger partial charge on any atom is 0.387 e. The summed E-state index contributed by atoms with van der Waals surface area (Å²) in [5.41, 5.74) is 1.13. The normalized spacial score (nSPS) is 25.0. The molecule has 0 amide bonds. The second-order valence-corrected chi connectivity index (χ2v) is 6.98. The largest absolute Gasteiger partial charge is 0.434 e. The summed E-state index contributed by atoms with van der Waals surface area (Å²) < 4.78 is 29.4. The van der Waals surface area contributed by atoms with Gasteiger partial charge in [-0.2, -0.15) is 8.78 Å². The summed E-state index contributed by atoms with van der Waals surface area (Å²) >= 11 is 0. The lowest BCUT2D eigenvalue weighted by atomic mass is 9.70. The first kappa shape index (κ1) is 16.2. The molecule has 1 saturated carbocycles. The predicted octanol–water partition coefficient (Wildman–Crippen LogP) is 4.59. The summed E-state index contributed by atoms with van der Waals surface area (Å²) in [7, 11) is 0. The third kappa shape index (κ3) is 4.95. The van der Waals surface area contributed by atoms with Crippen molar-refractivity contribution in [3.8, 4) is 5.75 Å². The van der Waals surface area contributed by atoms with Crippen LogP contribution in [0.2, 0.25) is 0 Å². The van der Waals surface area contributed by atoms with E-state index in [9.17, 15) is 8.78 Å². The number of rotatable bonds is 5. The van der Waals surface area contributed by atoms with Crippen LogP contribution in [0.15, 0.2) is 24.3 Å². The molecule has 21 heavy (non-hydrogen) atoms. The van der Waals surface area contributed by atoms with Crippen LogP contribution < -0.4 is 10.1 Å². The number of ether oxygens (including phenoxy) is 1. The first-order valence-corrected chi connectivity index (χ1v) is 7.62. The number of alkyl halides is 2. The van der Waals surface area contributed by atoms with E-state index in [4.69, 9.17) is 0 Å². The van der Waals surface area contributed by atoms with Crippen LogP contribution in [0, 0.1) is 11.3 Å². The van der Waals surface area contributed by atoms with Crippen LogP contribution in [0.3, 0.4) is 0 Å². The minimum atomic E-state index is -2.78. The molecule has 2 nitrogen and oxygen atoms in total. The molecule has 0 bridgehead atoms. The molecule has 2 unspecified atom stereocenters. The Bertz CT molecular complexity index is 462. The van der Waals surface area contributed by atoms with E-state index in [-0.39, 0.29) is 5.75 Å². The molecule has 1 fully saturated rings. The van der Waals surface area contributed by atoms with Gasteiger partial charge in [-0.3, -0.25) is 0 Å². The van der Waals surface area contributed by atoms with Crippen LogP contribution in [0.1, 0.15) is 45.6 Å². The number of hydrogen-bond donors (Lipinski definition) is 1. The SMILES string of the molecule is CC1CC(NCc2ccccc2OC(F)F)CC(C)(C)C1. The van der Waals surface area contributed by atoms with E-state index in [0.717, 1.165) is 18.4 Å². The molecular weight excluding hydrogens is 272 g/mol. The zero-order valence-electron chi connectivity index (χ0n) is 13.0. The maximum atomic E-state index is 12.4. The smallest absolute Gasteiger partial charge is 0.387 e. The number of para-hydroxylation sites is 1. The van der Waals surface area contributed by atoms with E-state index in [1.807, 2.05) is 12.1 Å².